The van der Waals surface area contributed by atoms with Crippen molar-refractivity contribution in [1.29, 1.82) is 0 Å². The van der Waals surface area contributed by atoms with E-state index in [2.05, 4.69) is 0 Å². The van der Waals surface area contributed by atoms with E-state index in [-0.39, 0.29) is 5.75 Å². The summed E-state index contributed by atoms with van der Waals surface area (Å²) >= 11 is 0. The van der Waals surface area contributed by atoms with Gasteiger partial charge in [-0.05, 0) is 29.3 Å². The summed E-state index contributed by atoms with van der Waals surface area (Å²) in [5.74, 6) is 2.09. The van der Waals surface area contributed by atoms with Crippen LogP contribution in [0.1, 0.15) is 5.56 Å². The van der Waals surface area contributed by atoms with Crippen molar-refractivity contribution >= 4 is 11.5 Å². The molecule has 0 aliphatic heterocycles. The first-order valence-corrected chi connectivity index (χ1v) is 5.21. The maximum atomic E-state index is 10.8. The molecule has 0 heterocycles. The summed E-state index contributed by atoms with van der Waals surface area (Å²) in [5.41, 5.74) is 2.26. The number of ether oxygens (including phenoxy) is 1. The quantitative estimate of drug-likeness (QED) is 0.789. The molecule has 1 aliphatic carbocycles. The van der Waals surface area contributed by atoms with Gasteiger partial charge in [-0.3, -0.25) is 0 Å². The predicted octanol–water partition coefficient (Wildman–Crippen LogP) is 2.12. The molecule has 1 aromatic carbocycles. The van der Waals surface area contributed by atoms with Crippen LogP contribution in [0.4, 0.5) is 0 Å². The first-order chi connectivity index (χ1) is 8.26. The van der Waals surface area contributed by atoms with E-state index >= 15 is 0 Å². The second-order valence-corrected chi connectivity index (χ2v) is 3.70. The molecule has 0 spiro atoms. The van der Waals surface area contributed by atoms with Crippen molar-refractivity contribution in [2.75, 3.05) is 7.11 Å². The Labute approximate surface area is 99.3 Å². The fourth-order valence-electron chi connectivity index (χ4n) is 1.84. The minimum absolute atomic E-state index is 0.209. The third-order valence-electron chi connectivity index (χ3n) is 2.67. The van der Waals surface area contributed by atoms with Crippen LogP contribution in [0, 0.1) is 0 Å². The largest absolute Gasteiger partial charge is 0.508 e. The highest BCUT2D eigenvalue weighted by Gasteiger charge is 2.21. The van der Waals surface area contributed by atoms with E-state index < -0.39 is 6.10 Å². The Morgan fingerprint density at radius 3 is 2.59 bits per heavy atom. The molecule has 0 saturated carbocycles. The maximum absolute atomic E-state index is 10.8. The number of hydrogen-bond donors (Lipinski definition) is 1. The lowest BCUT2D eigenvalue weighted by atomic mass is 9.91. The van der Waals surface area contributed by atoms with Crippen LogP contribution in [0.5, 0.6) is 5.75 Å². The van der Waals surface area contributed by atoms with E-state index in [1.807, 2.05) is 12.0 Å². The fraction of sp³-hybridized carbons (Fsp3) is 0.143. The first kappa shape index (κ1) is 11.4. The highest BCUT2D eigenvalue weighted by atomic mass is 16.5. The first-order valence-electron chi connectivity index (χ1n) is 5.21. The van der Waals surface area contributed by atoms with E-state index in [1.54, 1.807) is 43.5 Å². The molecule has 0 fully saturated rings. The van der Waals surface area contributed by atoms with Crippen molar-refractivity contribution in [3.05, 3.63) is 53.6 Å². The molecule has 1 aromatic rings. The van der Waals surface area contributed by atoms with Crippen LogP contribution in [0.25, 0.3) is 5.57 Å². The topological polar surface area (TPSA) is 46.5 Å². The van der Waals surface area contributed by atoms with Gasteiger partial charge in [-0.2, -0.15) is 0 Å². The van der Waals surface area contributed by atoms with E-state index in [9.17, 15) is 9.90 Å². The molecule has 17 heavy (non-hydrogen) atoms. The van der Waals surface area contributed by atoms with Gasteiger partial charge in [0, 0.05) is 7.11 Å². The van der Waals surface area contributed by atoms with Crippen molar-refractivity contribution in [3.63, 3.8) is 0 Å². The number of allylic oxidation sites excluding steroid dienone is 2. The Morgan fingerprint density at radius 1 is 1.29 bits per heavy atom. The van der Waals surface area contributed by atoms with Gasteiger partial charge in [0.25, 0.3) is 0 Å². The van der Waals surface area contributed by atoms with Gasteiger partial charge >= 0.3 is 0 Å². The van der Waals surface area contributed by atoms with E-state index in [4.69, 9.17) is 4.74 Å². The van der Waals surface area contributed by atoms with Gasteiger partial charge in [-0.25, -0.2) is 4.79 Å². The number of phenolic OH excluding ortho intramolecular Hbond substituents is 1. The number of aromatic hydroxyl groups is 1. The lowest BCUT2D eigenvalue weighted by molar-refractivity contribution is 0.178. The molecule has 1 N–H and O–H groups in total. The molecule has 2 rings (SSSR count). The van der Waals surface area contributed by atoms with Gasteiger partial charge in [-0.15, -0.1) is 0 Å². The molecule has 1 unspecified atom stereocenters. The number of carbonyl (C=O) groups excluding carboxylic acids is 1. The van der Waals surface area contributed by atoms with Crippen molar-refractivity contribution in [2.24, 2.45) is 0 Å². The van der Waals surface area contributed by atoms with Crippen molar-refractivity contribution in [1.82, 2.24) is 0 Å². The average molecular weight is 228 g/mol. The SMILES string of the molecule is COC1C(=C=O)C=CC=C1c1ccc(O)cc1. The van der Waals surface area contributed by atoms with Crippen LogP contribution in [-0.2, 0) is 9.53 Å². The minimum atomic E-state index is -0.401. The maximum Gasteiger partial charge on any atom is 0.131 e. The second-order valence-electron chi connectivity index (χ2n) is 3.70. The highest BCUT2D eigenvalue weighted by Crippen LogP contribution is 2.29. The zero-order valence-corrected chi connectivity index (χ0v) is 9.38. The fourth-order valence-corrected chi connectivity index (χ4v) is 1.84. The summed E-state index contributed by atoms with van der Waals surface area (Å²) in [7, 11) is 1.55. The second kappa shape index (κ2) is 4.83. The van der Waals surface area contributed by atoms with Crippen molar-refractivity contribution < 1.29 is 14.6 Å². The predicted molar refractivity (Wildman–Crippen MR) is 65.2 cm³/mol. The number of hydrogen-bond acceptors (Lipinski definition) is 3. The smallest absolute Gasteiger partial charge is 0.131 e. The van der Waals surface area contributed by atoms with Gasteiger partial charge in [0.2, 0.25) is 0 Å². The molecule has 0 aromatic heterocycles. The summed E-state index contributed by atoms with van der Waals surface area (Å²) in [5, 5.41) is 9.24. The standard InChI is InChI=1S/C14H12O3/c1-17-14-11(9-15)3-2-4-13(14)10-5-7-12(16)8-6-10/h2-8,14,16H,1H3. The van der Waals surface area contributed by atoms with Crippen LogP contribution >= 0.6 is 0 Å². The lowest BCUT2D eigenvalue weighted by Crippen LogP contribution is -2.17. The zero-order chi connectivity index (χ0) is 12.3. The Morgan fingerprint density at radius 2 is 2.00 bits per heavy atom. The number of rotatable bonds is 2. The monoisotopic (exact) mass is 228 g/mol. The molecule has 1 atom stereocenters. The van der Waals surface area contributed by atoms with Gasteiger partial charge in [0.15, 0.2) is 0 Å². The summed E-state index contributed by atoms with van der Waals surface area (Å²) < 4.78 is 5.31. The van der Waals surface area contributed by atoms with Crippen LogP contribution in [-0.4, -0.2) is 24.3 Å². The summed E-state index contributed by atoms with van der Waals surface area (Å²) in [6, 6.07) is 6.78. The number of benzene rings is 1. The highest BCUT2D eigenvalue weighted by molar-refractivity contribution is 5.80. The van der Waals surface area contributed by atoms with Crippen molar-refractivity contribution in [2.45, 2.75) is 6.10 Å². The Balaban J connectivity index is 2.43. The Hall–Kier alpha value is -2.09. The number of phenols is 1. The molecule has 3 nitrogen and oxygen atoms in total. The molecule has 0 saturated heterocycles. The van der Waals surface area contributed by atoms with Crippen LogP contribution in [0.3, 0.4) is 0 Å². The third-order valence-corrected chi connectivity index (χ3v) is 2.67. The molecule has 1 aliphatic rings. The lowest BCUT2D eigenvalue weighted by Gasteiger charge is -2.21. The van der Waals surface area contributed by atoms with Crippen LogP contribution in [0.2, 0.25) is 0 Å². The molecule has 0 bridgehead atoms. The molecule has 3 heteroatoms. The molecular weight excluding hydrogens is 216 g/mol. The van der Waals surface area contributed by atoms with Crippen molar-refractivity contribution in [3.8, 4) is 5.75 Å². The van der Waals surface area contributed by atoms with E-state index in [1.165, 1.54) is 0 Å². The number of methoxy groups -OCH3 is 1. The van der Waals surface area contributed by atoms with Gasteiger partial charge in [0.1, 0.15) is 17.8 Å². The van der Waals surface area contributed by atoms with Gasteiger partial charge in [0.05, 0.1) is 5.57 Å². The normalized spacial score (nSPS) is 18.8. The summed E-state index contributed by atoms with van der Waals surface area (Å²) in [4.78, 5) is 10.8. The summed E-state index contributed by atoms with van der Waals surface area (Å²) in [6.07, 6.45) is 4.96. The van der Waals surface area contributed by atoms with E-state index in [0.29, 0.717) is 5.57 Å². The molecule has 0 radical (unpaired) electrons. The Kier molecular flexibility index (Phi) is 3.24. The van der Waals surface area contributed by atoms with Crippen LogP contribution < -0.4 is 0 Å². The minimum Gasteiger partial charge on any atom is -0.508 e. The summed E-state index contributed by atoms with van der Waals surface area (Å²) in [6.45, 7) is 0. The Bertz CT molecular complexity index is 517. The molecule has 86 valence electrons. The van der Waals surface area contributed by atoms with Crippen LogP contribution in [0.15, 0.2) is 48.1 Å². The average Bonchev–Trinajstić information content (AvgIpc) is 2.38. The molecule has 0 amide bonds. The third kappa shape index (κ3) is 2.21. The van der Waals surface area contributed by atoms with Gasteiger partial charge < -0.3 is 9.84 Å². The van der Waals surface area contributed by atoms with Gasteiger partial charge in [-0.1, -0.05) is 24.3 Å². The molecular formula is C14H12O3. The van der Waals surface area contributed by atoms with E-state index in [0.717, 1.165) is 11.1 Å². The zero-order valence-electron chi connectivity index (χ0n) is 9.38.